The first-order chi connectivity index (χ1) is 11.2. The quantitative estimate of drug-likeness (QED) is 0.696. The summed E-state index contributed by atoms with van der Waals surface area (Å²) in [5.74, 6) is -0.0937. The lowest BCUT2D eigenvalue weighted by Crippen LogP contribution is -2.35. The number of aliphatic hydroxyl groups excluding tert-OH is 1. The monoisotopic (exact) mass is 332 g/mol. The Hall–Kier alpha value is -1.88. The Morgan fingerprint density at radius 3 is 2.61 bits per heavy atom. The van der Waals surface area contributed by atoms with Gasteiger partial charge in [-0.1, -0.05) is 54.1 Å². The average molecular weight is 333 g/mol. The van der Waals surface area contributed by atoms with Crippen molar-refractivity contribution in [3.05, 3.63) is 70.7 Å². The van der Waals surface area contributed by atoms with E-state index in [1.54, 1.807) is 6.07 Å². The number of amides is 1. The van der Waals surface area contributed by atoms with Gasteiger partial charge in [-0.2, -0.15) is 0 Å². The smallest absolute Gasteiger partial charge is 0.234 e. The summed E-state index contributed by atoms with van der Waals surface area (Å²) in [5, 5.41) is 15.9. The molecule has 0 aliphatic carbocycles. The molecule has 4 nitrogen and oxygen atoms in total. The number of rotatable bonds is 8. The zero-order valence-corrected chi connectivity index (χ0v) is 13.6. The van der Waals surface area contributed by atoms with Gasteiger partial charge >= 0.3 is 0 Å². The Labute approximate surface area is 141 Å². The second kappa shape index (κ2) is 9.30. The SMILES string of the molecule is O=C(CNC(CCO)c1ccccc1)NCc1cccc(Cl)c1. The van der Waals surface area contributed by atoms with Crippen molar-refractivity contribution >= 4 is 17.5 Å². The van der Waals surface area contributed by atoms with Gasteiger partial charge in [0.25, 0.3) is 0 Å². The van der Waals surface area contributed by atoms with E-state index in [1.807, 2.05) is 48.5 Å². The number of nitrogens with one attached hydrogen (secondary N) is 2. The Morgan fingerprint density at radius 1 is 1.13 bits per heavy atom. The van der Waals surface area contributed by atoms with Gasteiger partial charge in [-0.15, -0.1) is 0 Å². The highest BCUT2D eigenvalue weighted by atomic mass is 35.5. The van der Waals surface area contributed by atoms with Crippen LogP contribution in [0.4, 0.5) is 0 Å². The van der Waals surface area contributed by atoms with Crippen molar-refractivity contribution in [1.29, 1.82) is 0 Å². The summed E-state index contributed by atoms with van der Waals surface area (Å²) in [6.07, 6.45) is 0.561. The van der Waals surface area contributed by atoms with Gasteiger partial charge in [-0.25, -0.2) is 0 Å². The molecule has 2 aromatic carbocycles. The van der Waals surface area contributed by atoms with Crippen LogP contribution in [-0.2, 0) is 11.3 Å². The van der Waals surface area contributed by atoms with Crippen LogP contribution >= 0.6 is 11.6 Å². The van der Waals surface area contributed by atoms with E-state index in [4.69, 9.17) is 11.6 Å². The van der Waals surface area contributed by atoms with Crippen LogP contribution in [0.3, 0.4) is 0 Å². The van der Waals surface area contributed by atoms with Crippen molar-refractivity contribution in [1.82, 2.24) is 10.6 Å². The second-order valence-electron chi connectivity index (χ2n) is 5.26. The molecule has 0 radical (unpaired) electrons. The van der Waals surface area contributed by atoms with Gasteiger partial charge in [0.15, 0.2) is 0 Å². The highest BCUT2D eigenvalue weighted by Gasteiger charge is 2.11. The van der Waals surface area contributed by atoms with Crippen LogP contribution in [0.25, 0.3) is 0 Å². The third-order valence-corrected chi connectivity index (χ3v) is 3.74. The molecule has 5 heteroatoms. The van der Waals surface area contributed by atoms with Crippen LogP contribution in [-0.4, -0.2) is 24.2 Å². The minimum absolute atomic E-state index is 0.0434. The lowest BCUT2D eigenvalue weighted by atomic mass is 10.0. The molecule has 0 saturated carbocycles. The summed E-state index contributed by atoms with van der Waals surface area (Å²) in [5.41, 5.74) is 2.02. The molecule has 2 aromatic rings. The van der Waals surface area contributed by atoms with Gasteiger partial charge in [-0.05, 0) is 29.7 Å². The predicted octanol–water partition coefficient (Wildman–Crippen LogP) is 2.67. The molecule has 0 bridgehead atoms. The molecule has 1 atom stereocenters. The summed E-state index contributed by atoms with van der Waals surface area (Å²) in [7, 11) is 0. The predicted molar refractivity (Wildman–Crippen MR) is 92.2 cm³/mol. The van der Waals surface area contributed by atoms with Gasteiger partial charge in [-0.3, -0.25) is 4.79 Å². The fraction of sp³-hybridized carbons (Fsp3) is 0.278. The molecule has 3 N–H and O–H groups in total. The number of hydrogen-bond acceptors (Lipinski definition) is 3. The van der Waals surface area contributed by atoms with E-state index in [0.717, 1.165) is 11.1 Å². The zero-order chi connectivity index (χ0) is 16.5. The molecular weight excluding hydrogens is 312 g/mol. The van der Waals surface area contributed by atoms with E-state index in [-0.39, 0.29) is 25.1 Å². The van der Waals surface area contributed by atoms with Crippen molar-refractivity contribution in [2.24, 2.45) is 0 Å². The van der Waals surface area contributed by atoms with Crippen molar-refractivity contribution in [3.63, 3.8) is 0 Å². The molecule has 1 amide bonds. The van der Waals surface area contributed by atoms with Crippen LogP contribution in [0.2, 0.25) is 5.02 Å². The molecule has 0 aliphatic rings. The van der Waals surface area contributed by atoms with Gasteiger partial charge in [0, 0.05) is 24.2 Å². The number of hydrogen-bond donors (Lipinski definition) is 3. The normalized spacial score (nSPS) is 11.9. The minimum Gasteiger partial charge on any atom is -0.396 e. The van der Waals surface area contributed by atoms with E-state index in [1.165, 1.54) is 0 Å². The van der Waals surface area contributed by atoms with Crippen molar-refractivity contribution in [2.75, 3.05) is 13.2 Å². The molecule has 0 fully saturated rings. The second-order valence-corrected chi connectivity index (χ2v) is 5.70. The lowest BCUT2D eigenvalue weighted by molar-refractivity contribution is -0.120. The molecule has 0 spiro atoms. The van der Waals surface area contributed by atoms with Gasteiger partial charge in [0.1, 0.15) is 0 Å². The number of carbonyl (C=O) groups is 1. The number of aliphatic hydroxyl groups is 1. The molecule has 0 saturated heterocycles. The summed E-state index contributed by atoms with van der Waals surface area (Å²) < 4.78 is 0. The maximum atomic E-state index is 12.0. The molecule has 0 heterocycles. The molecule has 23 heavy (non-hydrogen) atoms. The Morgan fingerprint density at radius 2 is 1.91 bits per heavy atom. The number of benzene rings is 2. The largest absolute Gasteiger partial charge is 0.396 e. The number of halogens is 1. The van der Waals surface area contributed by atoms with Gasteiger partial charge < -0.3 is 15.7 Å². The fourth-order valence-corrected chi connectivity index (χ4v) is 2.54. The van der Waals surface area contributed by atoms with Gasteiger partial charge in [0.2, 0.25) is 5.91 Å². The first-order valence-electron chi connectivity index (χ1n) is 7.59. The zero-order valence-electron chi connectivity index (χ0n) is 12.8. The van der Waals surface area contributed by atoms with Crippen LogP contribution in [0, 0.1) is 0 Å². The Bertz CT molecular complexity index is 619. The maximum Gasteiger partial charge on any atom is 0.234 e. The average Bonchev–Trinajstić information content (AvgIpc) is 2.57. The van der Waals surface area contributed by atoms with E-state index < -0.39 is 0 Å². The summed E-state index contributed by atoms with van der Waals surface area (Å²) >= 11 is 5.92. The lowest BCUT2D eigenvalue weighted by Gasteiger charge is -2.18. The number of carbonyl (C=O) groups excluding carboxylic acids is 1. The first-order valence-corrected chi connectivity index (χ1v) is 7.97. The molecular formula is C18H21ClN2O2. The third kappa shape index (κ3) is 6.02. The van der Waals surface area contributed by atoms with E-state index in [9.17, 15) is 9.90 Å². The first kappa shape index (κ1) is 17.5. The standard InChI is InChI=1S/C18H21ClN2O2/c19-16-8-4-5-14(11-16)12-21-18(23)13-20-17(9-10-22)15-6-2-1-3-7-15/h1-8,11,17,20,22H,9-10,12-13H2,(H,21,23). The highest BCUT2D eigenvalue weighted by molar-refractivity contribution is 6.30. The molecule has 0 aliphatic heterocycles. The summed E-state index contributed by atoms with van der Waals surface area (Å²) in [6.45, 7) is 0.702. The van der Waals surface area contributed by atoms with Crippen LogP contribution in [0.15, 0.2) is 54.6 Å². The van der Waals surface area contributed by atoms with E-state index in [0.29, 0.717) is 18.0 Å². The third-order valence-electron chi connectivity index (χ3n) is 3.51. The fourth-order valence-electron chi connectivity index (χ4n) is 2.33. The van der Waals surface area contributed by atoms with Crippen molar-refractivity contribution in [3.8, 4) is 0 Å². The Balaban J connectivity index is 1.82. The van der Waals surface area contributed by atoms with Crippen molar-refractivity contribution < 1.29 is 9.90 Å². The van der Waals surface area contributed by atoms with E-state index >= 15 is 0 Å². The molecule has 122 valence electrons. The van der Waals surface area contributed by atoms with Gasteiger partial charge in [0.05, 0.1) is 6.54 Å². The molecule has 0 aromatic heterocycles. The maximum absolute atomic E-state index is 12.0. The van der Waals surface area contributed by atoms with Crippen LogP contribution < -0.4 is 10.6 Å². The van der Waals surface area contributed by atoms with Crippen molar-refractivity contribution in [2.45, 2.75) is 19.0 Å². The highest BCUT2D eigenvalue weighted by Crippen LogP contribution is 2.15. The van der Waals surface area contributed by atoms with E-state index in [2.05, 4.69) is 10.6 Å². The minimum atomic E-state index is -0.0937. The summed E-state index contributed by atoms with van der Waals surface area (Å²) in [6, 6.07) is 17.2. The molecule has 1 unspecified atom stereocenters. The van der Waals surface area contributed by atoms with Crippen LogP contribution in [0.5, 0.6) is 0 Å². The summed E-state index contributed by atoms with van der Waals surface area (Å²) in [4.78, 5) is 12.0. The molecule has 2 rings (SSSR count). The topological polar surface area (TPSA) is 61.4 Å². The van der Waals surface area contributed by atoms with Crippen LogP contribution in [0.1, 0.15) is 23.6 Å². The Kier molecular flexibility index (Phi) is 7.07.